The van der Waals surface area contributed by atoms with Crippen LogP contribution >= 0.6 is 0 Å². The lowest BCUT2D eigenvalue weighted by Gasteiger charge is -1.92. The Labute approximate surface area is 48.9 Å². The van der Waals surface area contributed by atoms with Crippen molar-refractivity contribution >= 4 is 21.2 Å². The molecule has 2 N–H and O–H groups in total. The van der Waals surface area contributed by atoms with Gasteiger partial charge < -0.3 is 9.66 Å². The summed E-state index contributed by atoms with van der Waals surface area (Å²) in [6, 6.07) is 0. The third-order valence-electron chi connectivity index (χ3n) is 0.275. The molecule has 7 heavy (non-hydrogen) atoms. The van der Waals surface area contributed by atoms with Crippen LogP contribution in [0.15, 0.2) is 0 Å². The van der Waals surface area contributed by atoms with Crippen molar-refractivity contribution in [1.82, 2.24) is 0 Å². The molecule has 0 aromatic rings. The van der Waals surface area contributed by atoms with E-state index in [9.17, 15) is 0 Å². The topological polar surface area (TPSA) is 49.7 Å². The number of aliphatic hydroxyl groups is 1. The third-order valence-corrected chi connectivity index (χ3v) is 0.932. The van der Waals surface area contributed by atoms with Crippen LogP contribution in [0.3, 0.4) is 0 Å². The summed E-state index contributed by atoms with van der Waals surface area (Å²) in [5, 5.41) is 8.04. The monoisotopic (exact) mass is 142 g/mol. The zero-order chi connectivity index (χ0) is 5.70. The van der Waals surface area contributed by atoms with Crippen molar-refractivity contribution in [3.63, 3.8) is 0 Å². The number of hydrogen-bond acceptors (Lipinski definition) is 3. The lowest BCUT2D eigenvalue weighted by Crippen LogP contribution is -1.99. The molecule has 44 valence electrons. The van der Waals surface area contributed by atoms with Crippen LogP contribution in [-0.2, 0) is 25.4 Å². The quantitative estimate of drug-likeness (QED) is 0.556. The Kier molecular flexibility index (Phi) is 4.90. The Balaban J connectivity index is 2.82. The van der Waals surface area contributed by atoms with E-state index in [1.165, 1.54) is 0 Å². The molecular formula is C2H6O3S2. The fourth-order valence-corrected chi connectivity index (χ4v) is 0.530. The molecule has 0 spiro atoms. The molecule has 0 saturated heterocycles. The van der Waals surface area contributed by atoms with Crippen LogP contribution in [0, 0.1) is 0 Å². The van der Waals surface area contributed by atoms with Gasteiger partial charge in [-0.25, -0.2) is 0 Å². The molecule has 0 heterocycles. The maximum absolute atomic E-state index is 8.19. The minimum atomic E-state index is -1.39. The van der Waals surface area contributed by atoms with Crippen LogP contribution in [0.5, 0.6) is 0 Å². The van der Waals surface area contributed by atoms with E-state index in [-0.39, 0.29) is 13.2 Å². The predicted molar refractivity (Wildman–Crippen MR) is 30.4 cm³/mol. The van der Waals surface area contributed by atoms with E-state index in [4.69, 9.17) is 9.66 Å². The van der Waals surface area contributed by atoms with E-state index in [1.54, 1.807) is 0 Å². The minimum absolute atomic E-state index is 0.0965. The first-order valence-corrected chi connectivity index (χ1v) is 3.65. The number of rotatable bonds is 3. The van der Waals surface area contributed by atoms with Crippen molar-refractivity contribution in [2.24, 2.45) is 0 Å². The highest BCUT2D eigenvalue weighted by atomic mass is 32.8. The molecule has 0 aromatic heterocycles. The smallest absolute Gasteiger partial charge is 0.146 e. The summed E-state index contributed by atoms with van der Waals surface area (Å²) < 4.78 is 12.5. The highest BCUT2D eigenvalue weighted by Crippen LogP contribution is 1.75. The second-order valence-electron chi connectivity index (χ2n) is 0.763. The molecule has 0 radical (unpaired) electrons. The largest absolute Gasteiger partial charge is 0.394 e. The lowest BCUT2D eigenvalue weighted by molar-refractivity contribution is 0.211. The van der Waals surface area contributed by atoms with Crippen molar-refractivity contribution < 1.29 is 13.8 Å². The fourth-order valence-electron chi connectivity index (χ4n) is 0.109. The molecule has 0 aliphatic heterocycles. The molecule has 1 atom stereocenters. The van der Waals surface area contributed by atoms with Gasteiger partial charge in [0, 0.05) is 11.2 Å². The highest BCUT2D eigenvalue weighted by molar-refractivity contribution is 8.23. The van der Waals surface area contributed by atoms with Crippen LogP contribution in [0.25, 0.3) is 0 Å². The fraction of sp³-hybridized carbons (Fsp3) is 1.00. The van der Waals surface area contributed by atoms with Crippen molar-refractivity contribution in [1.29, 1.82) is 0 Å². The van der Waals surface area contributed by atoms with Gasteiger partial charge in [-0.3, -0.25) is 4.18 Å². The van der Waals surface area contributed by atoms with E-state index < -0.39 is 10.0 Å². The molecular weight excluding hydrogens is 136 g/mol. The van der Waals surface area contributed by atoms with E-state index >= 15 is 0 Å². The second kappa shape index (κ2) is 4.61. The molecule has 3 nitrogen and oxygen atoms in total. The van der Waals surface area contributed by atoms with Gasteiger partial charge in [-0.05, 0) is 0 Å². The molecule has 0 aromatic carbocycles. The normalized spacial score (nSPS) is 14.0. The number of hydrogen-bond donors (Lipinski definition) is 2. The van der Waals surface area contributed by atoms with E-state index in [0.29, 0.717) is 0 Å². The van der Waals surface area contributed by atoms with E-state index in [2.05, 4.69) is 15.4 Å². The summed E-state index contributed by atoms with van der Waals surface area (Å²) in [5.74, 6) is 0. The average molecular weight is 142 g/mol. The second-order valence-corrected chi connectivity index (χ2v) is 2.29. The Hall–Kier alpha value is 0.450. The van der Waals surface area contributed by atoms with Crippen molar-refractivity contribution in [2.45, 2.75) is 0 Å². The Morgan fingerprint density at radius 2 is 2.29 bits per heavy atom. The van der Waals surface area contributed by atoms with Gasteiger partial charge in [0.2, 0.25) is 0 Å². The van der Waals surface area contributed by atoms with Crippen molar-refractivity contribution in [2.75, 3.05) is 13.2 Å². The van der Waals surface area contributed by atoms with Crippen LogP contribution in [-0.4, -0.2) is 22.9 Å². The average Bonchev–Trinajstić information content (AvgIpc) is 1.61. The summed E-state index contributed by atoms with van der Waals surface area (Å²) in [6.07, 6.45) is 0. The summed E-state index contributed by atoms with van der Waals surface area (Å²) in [5.41, 5.74) is 0. The molecule has 1 unspecified atom stereocenters. The standard InChI is InChI=1S/C2H6O3S2/c3-1-2-5-7(4)6/h3H,1-2H2,(H,4,6). The summed E-state index contributed by atoms with van der Waals surface area (Å²) in [4.78, 5) is 0. The van der Waals surface area contributed by atoms with Gasteiger partial charge in [-0.15, -0.1) is 0 Å². The van der Waals surface area contributed by atoms with Crippen LogP contribution in [0.2, 0.25) is 0 Å². The maximum Gasteiger partial charge on any atom is 0.146 e. The van der Waals surface area contributed by atoms with Gasteiger partial charge in [-0.1, -0.05) is 0 Å². The van der Waals surface area contributed by atoms with Gasteiger partial charge in [0.05, 0.1) is 13.2 Å². The molecule has 5 heteroatoms. The van der Waals surface area contributed by atoms with Gasteiger partial charge in [0.25, 0.3) is 0 Å². The Bertz CT molecular complexity index is 64.0. The van der Waals surface area contributed by atoms with Gasteiger partial charge in [0.15, 0.2) is 0 Å². The molecule has 0 rings (SSSR count). The molecule has 0 fully saturated rings. The van der Waals surface area contributed by atoms with Crippen LogP contribution < -0.4 is 0 Å². The summed E-state index contributed by atoms with van der Waals surface area (Å²) in [6.45, 7) is 0.0177. The van der Waals surface area contributed by atoms with Gasteiger partial charge in [0.1, 0.15) is 10.0 Å². The Morgan fingerprint density at radius 3 is 2.43 bits per heavy atom. The Morgan fingerprint density at radius 1 is 1.71 bits per heavy atom. The molecule has 0 aliphatic carbocycles. The van der Waals surface area contributed by atoms with Crippen molar-refractivity contribution in [3.05, 3.63) is 0 Å². The van der Waals surface area contributed by atoms with Crippen LogP contribution in [0.4, 0.5) is 0 Å². The zero-order valence-electron chi connectivity index (χ0n) is 3.53. The highest BCUT2D eigenvalue weighted by Gasteiger charge is 1.82. The summed E-state index contributed by atoms with van der Waals surface area (Å²) in [7, 11) is -1.39. The SMILES string of the molecule is OCCOS(O)=S. The molecule has 0 amide bonds. The third kappa shape index (κ3) is 6.45. The lowest BCUT2D eigenvalue weighted by atomic mass is 10.8. The van der Waals surface area contributed by atoms with Gasteiger partial charge in [-0.2, -0.15) is 0 Å². The van der Waals surface area contributed by atoms with Crippen molar-refractivity contribution in [3.8, 4) is 0 Å². The number of aliphatic hydroxyl groups excluding tert-OH is 1. The predicted octanol–water partition coefficient (Wildman–Crippen LogP) is -0.536. The van der Waals surface area contributed by atoms with Crippen LogP contribution in [0.1, 0.15) is 0 Å². The van der Waals surface area contributed by atoms with E-state index in [1.807, 2.05) is 0 Å². The molecule has 0 bridgehead atoms. The first-order chi connectivity index (χ1) is 3.27. The minimum Gasteiger partial charge on any atom is -0.394 e. The first-order valence-electron chi connectivity index (χ1n) is 1.62. The summed E-state index contributed by atoms with van der Waals surface area (Å²) >= 11 is 4.19. The zero-order valence-corrected chi connectivity index (χ0v) is 5.17. The first kappa shape index (κ1) is 7.45. The van der Waals surface area contributed by atoms with Gasteiger partial charge >= 0.3 is 0 Å². The van der Waals surface area contributed by atoms with E-state index in [0.717, 1.165) is 0 Å². The molecule has 0 aliphatic rings. The maximum atomic E-state index is 8.19. The molecule has 0 saturated carbocycles.